The van der Waals surface area contributed by atoms with Crippen molar-refractivity contribution in [1.82, 2.24) is 14.9 Å². The minimum absolute atomic E-state index is 0.0658. The molecular weight excluding hydrogens is 378 g/mol. The third kappa shape index (κ3) is 3.20. The molecular formula is C16H14BrN3O2S. The number of hydrogen-bond donors (Lipinski definition) is 1. The maximum Gasteiger partial charge on any atom is 0.262 e. The van der Waals surface area contributed by atoms with Crippen LogP contribution in [-0.2, 0) is 6.54 Å². The highest BCUT2D eigenvalue weighted by atomic mass is 79.9. The van der Waals surface area contributed by atoms with Gasteiger partial charge < -0.3 is 5.32 Å². The smallest absolute Gasteiger partial charge is 0.262 e. The number of carbonyl (C=O) groups excluding carboxylic acids is 1. The van der Waals surface area contributed by atoms with Gasteiger partial charge in [-0.2, -0.15) is 0 Å². The average molecular weight is 392 g/mol. The summed E-state index contributed by atoms with van der Waals surface area (Å²) in [5, 5.41) is 5.31. The van der Waals surface area contributed by atoms with Gasteiger partial charge in [0.2, 0.25) is 0 Å². The molecule has 0 saturated carbocycles. The van der Waals surface area contributed by atoms with E-state index in [9.17, 15) is 9.59 Å². The molecule has 0 atom stereocenters. The number of nitrogens with one attached hydrogen (secondary N) is 1. The van der Waals surface area contributed by atoms with E-state index in [0.29, 0.717) is 29.9 Å². The largest absolute Gasteiger partial charge is 0.350 e. The lowest BCUT2D eigenvalue weighted by Gasteiger charge is -2.11. The number of nitrogens with zero attached hydrogens (tertiary/aromatic N) is 2. The fraction of sp³-hybridized carbons (Fsp3) is 0.188. The number of amides is 1. The van der Waals surface area contributed by atoms with Crippen molar-refractivity contribution < 1.29 is 4.79 Å². The van der Waals surface area contributed by atoms with Crippen LogP contribution >= 0.6 is 27.3 Å². The quantitative estimate of drug-likeness (QED) is 0.743. The number of hydrogen-bond acceptors (Lipinski definition) is 4. The van der Waals surface area contributed by atoms with E-state index in [4.69, 9.17) is 0 Å². The minimum atomic E-state index is -0.173. The van der Waals surface area contributed by atoms with E-state index in [1.807, 2.05) is 23.6 Å². The summed E-state index contributed by atoms with van der Waals surface area (Å²) in [7, 11) is 0. The molecule has 1 N–H and O–H groups in total. The Hall–Kier alpha value is -1.99. The normalized spacial score (nSPS) is 10.9. The molecule has 0 radical (unpaired) electrons. The molecule has 7 heteroatoms. The van der Waals surface area contributed by atoms with Gasteiger partial charge in [0.05, 0.1) is 10.9 Å². The number of halogens is 1. The number of carbonyl (C=O) groups is 1. The summed E-state index contributed by atoms with van der Waals surface area (Å²) in [4.78, 5) is 29.8. The van der Waals surface area contributed by atoms with Gasteiger partial charge in [0.15, 0.2) is 0 Å². The Labute approximate surface area is 145 Å². The first-order valence-corrected chi connectivity index (χ1v) is 8.72. The molecule has 0 fully saturated rings. The zero-order chi connectivity index (χ0) is 16.4. The Kier molecular flexibility index (Phi) is 4.58. The molecule has 0 bridgehead atoms. The fourth-order valence-electron chi connectivity index (χ4n) is 2.34. The fourth-order valence-corrected chi connectivity index (χ4v) is 3.60. The van der Waals surface area contributed by atoms with Crippen molar-refractivity contribution in [3.63, 3.8) is 0 Å². The summed E-state index contributed by atoms with van der Waals surface area (Å²) in [6.45, 7) is 2.55. The summed E-state index contributed by atoms with van der Waals surface area (Å²) in [6, 6.07) is 9.01. The van der Waals surface area contributed by atoms with Crippen LogP contribution in [0.2, 0.25) is 0 Å². The van der Waals surface area contributed by atoms with Crippen LogP contribution in [0.5, 0.6) is 0 Å². The van der Waals surface area contributed by atoms with Crippen molar-refractivity contribution in [2.75, 3.05) is 6.54 Å². The number of benzene rings is 1. The standard InChI is InChI=1S/C16H14BrN3O2S/c1-10-19-15-12(6-9-23-15)16(22)20(10)8-7-18-14(21)11-4-2-3-5-13(11)17/h2-6,9H,7-8H2,1H3,(H,18,21). The molecule has 0 aliphatic heterocycles. The van der Waals surface area contributed by atoms with Gasteiger partial charge in [-0.3, -0.25) is 14.2 Å². The van der Waals surface area contributed by atoms with Gasteiger partial charge in [-0.05, 0) is 46.4 Å². The van der Waals surface area contributed by atoms with Crippen molar-refractivity contribution in [2.24, 2.45) is 0 Å². The Morgan fingerprint density at radius 1 is 1.35 bits per heavy atom. The molecule has 0 saturated heterocycles. The molecule has 1 aromatic carbocycles. The highest BCUT2D eigenvalue weighted by molar-refractivity contribution is 9.10. The van der Waals surface area contributed by atoms with Gasteiger partial charge >= 0.3 is 0 Å². The van der Waals surface area contributed by atoms with Crippen LogP contribution in [0.15, 0.2) is 45.0 Å². The zero-order valence-electron chi connectivity index (χ0n) is 12.4. The highest BCUT2D eigenvalue weighted by Crippen LogP contribution is 2.16. The number of fused-ring (bicyclic) bond motifs is 1. The minimum Gasteiger partial charge on any atom is -0.350 e. The maximum atomic E-state index is 12.4. The average Bonchev–Trinajstić information content (AvgIpc) is 2.99. The van der Waals surface area contributed by atoms with Crippen LogP contribution in [0.25, 0.3) is 10.2 Å². The SMILES string of the molecule is Cc1nc2sccc2c(=O)n1CCNC(=O)c1ccccc1Br. The topological polar surface area (TPSA) is 64.0 Å². The molecule has 3 aromatic rings. The molecule has 1 amide bonds. The van der Waals surface area contributed by atoms with Gasteiger partial charge in [-0.25, -0.2) is 4.98 Å². The van der Waals surface area contributed by atoms with Gasteiger partial charge in [-0.1, -0.05) is 12.1 Å². The van der Waals surface area contributed by atoms with Gasteiger partial charge in [0.1, 0.15) is 10.7 Å². The van der Waals surface area contributed by atoms with Gasteiger partial charge in [0.25, 0.3) is 11.5 Å². The van der Waals surface area contributed by atoms with Gasteiger partial charge in [0, 0.05) is 17.6 Å². The Morgan fingerprint density at radius 2 is 2.13 bits per heavy atom. The second-order valence-electron chi connectivity index (χ2n) is 4.99. The van der Waals surface area contributed by atoms with Crippen LogP contribution in [0.3, 0.4) is 0 Å². The van der Waals surface area contributed by atoms with E-state index >= 15 is 0 Å². The predicted molar refractivity (Wildman–Crippen MR) is 95.1 cm³/mol. The van der Waals surface area contributed by atoms with E-state index in [2.05, 4.69) is 26.2 Å². The van der Waals surface area contributed by atoms with Crippen molar-refractivity contribution in [2.45, 2.75) is 13.5 Å². The maximum absolute atomic E-state index is 12.4. The van der Waals surface area contributed by atoms with Crippen molar-refractivity contribution in [3.8, 4) is 0 Å². The first-order valence-electron chi connectivity index (χ1n) is 7.05. The van der Waals surface area contributed by atoms with Crippen LogP contribution in [0.1, 0.15) is 16.2 Å². The van der Waals surface area contributed by atoms with E-state index in [1.54, 1.807) is 23.6 Å². The van der Waals surface area contributed by atoms with Crippen molar-refractivity contribution >= 4 is 43.4 Å². The highest BCUT2D eigenvalue weighted by Gasteiger charge is 2.11. The molecule has 2 heterocycles. The molecule has 3 rings (SSSR count). The molecule has 2 aromatic heterocycles. The number of thiophene rings is 1. The summed E-state index contributed by atoms with van der Waals surface area (Å²) in [5.74, 6) is 0.479. The summed E-state index contributed by atoms with van der Waals surface area (Å²) >= 11 is 4.81. The van der Waals surface area contributed by atoms with E-state index in [-0.39, 0.29) is 11.5 Å². The van der Waals surface area contributed by atoms with E-state index < -0.39 is 0 Å². The summed E-state index contributed by atoms with van der Waals surface area (Å²) in [6.07, 6.45) is 0. The van der Waals surface area contributed by atoms with Crippen LogP contribution < -0.4 is 10.9 Å². The number of aromatic nitrogens is 2. The number of rotatable bonds is 4. The van der Waals surface area contributed by atoms with Crippen LogP contribution in [-0.4, -0.2) is 22.0 Å². The third-order valence-electron chi connectivity index (χ3n) is 3.51. The van der Waals surface area contributed by atoms with Gasteiger partial charge in [-0.15, -0.1) is 11.3 Å². The summed E-state index contributed by atoms with van der Waals surface area (Å²) < 4.78 is 2.34. The number of aryl methyl sites for hydroxylation is 1. The van der Waals surface area contributed by atoms with E-state index in [1.165, 1.54) is 11.3 Å². The molecule has 0 spiro atoms. The van der Waals surface area contributed by atoms with Crippen LogP contribution in [0, 0.1) is 6.92 Å². The Balaban J connectivity index is 1.73. The lowest BCUT2D eigenvalue weighted by atomic mass is 10.2. The monoisotopic (exact) mass is 391 g/mol. The Bertz CT molecular complexity index is 932. The zero-order valence-corrected chi connectivity index (χ0v) is 14.8. The molecule has 0 aliphatic rings. The molecule has 5 nitrogen and oxygen atoms in total. The molecule has 0 aliphatic carbocycles. The third-order valence-corrected chi connectivity index (χ3v) is 5.01. The van der Waals surface area contributed by atoms with Crippen molar-refractivity contribution in [1.29, 1.82) is 0 Å². The summed E-state index contributed by atoms with van der Waals surface area (Å²) in [5.41, 5.74) is 0.506. The molecule has 23 heavy (non-hydrogen) atoms. The van der Waals surface area contributed by atoms with E-state index in [0.717, 1.165) is 9.30 Å². The second-order valence-corrected chi connectivity index (χ2v) is 6.74. The first-order chi connectivity index (χ1) is 11.1. The predicted octanol–water partition coefficient (Wildman–Crippen LogP) is 2.96. The second kappa shape index (κ2) is 6.64. The molecule has 118 valence electrons. The first kappa shape index (κ1) is 15.9. The van der Waals surface area contributed by atoms with Crippen LogP contribution in [0.4, 0.5) is 0 Å². The lowest BCUT2D eigenvalue weighted by Crippen LogP contribution is -2.32. The lowest BCUT2D eigenvalue weighted by molar-refractivity contribution is 0.0951. The van der Waals surface area contributed by atoms with Crippen molar-refractivity contribution in [3.05, 3.63) is 61.9 Å². The Morgan fingerprint density at radius 3 is 2.91 bits per heavy atom. The molecule has 0 unspecified atom stereocenters.